The second kappa shape index (κ2) is 8.19. The van der Waals surface area contributed by atoms with E-state index in [1.54, 1.807) is 7.11 Å². The van der Waals surface area contributed by atoms with Gasteiger partial charge in [-0.2, -0.15) is 5.26 Å². The molecule has 2 fully saturated rings. The summed E-state index contributed by atoms with van der Waals surface area (Å²) in [4.78, 5) is 12.5. The minimum atomic E-state index is -0.529. The number of benzene rings is 1. The van der Waals surface area contributed by atoms with Crippen LogP contribution < -0.4 is 26.6 Å². The number of nitrogens with zero attached hydrogens (tertiary/aromatic N) is 2. The maximum absolute atomic E-state index is 12.5. The summed E-state index contributed by atoms with van der Waals surface area (Å²) < 4.78 is 5.10. The number of carbonyl (C=O) groups excluding carboxylic acids is 1. The second-order valence-corrected chi connectivity index (χ2v) is 7.67. The lowest BCUT2D eigenvalue weighted by atomic mass is 9.98. The zero-order valence-electron chi connectivity index (χ0n) is 15.9. The van der Waals surface area contributed by atoms with Crippen molar-refractivity contribution in [1.82, 2.24) is 21.6 Å². The number of methoxy groups -OCH3 is 1. The van der Waals surface area contributed by atoms with Crippen molar-refractivity contribution in [3.8, 4) is 6.07 Å². The summed E-state index contributed by atoms with van der Waals surface area (Å²) in [5, 5.41) is 17.6. The third-order valence-corrected chi connectivity index (χ3v) is 5.69. The van der Waals surface area contributed by atoms with Crippen LogP contribution in [0.1, 0.15) is 24.8 Å². The number of fused-ring (bicyclic) bond motifs is 2. The number of hydrogen-bond acceptors (Lipinski definition) is 7. The van der Waals surface area contributed by atoms with Gasteiger partial charge in [-0.1, -0.05) is 12.1 Å². The van der Waals surface area contributed by atoms with Gasteiger partial charge in [-0.3, -0.25) is 9.80 Å². The number of anilines is 1. The topological polar surface area (TPSA) is 101 Å². The molecule has 2 bridgehead atoms. The Morgan fingerprint density at radius 1 is 1.39 bits per heavy atom. The fourth-order valence-electron chi connectivity index (χ4n) is 4.29. The number of piperidine rings is 1. The summed E-state index contributed by atoms with van der Waals surface area (Å²) in [5.74, 6) is 0.375. The van der Waals surface area contributed by atoms with Crippen LogP contribution in [0.25, 0.3) is 0 Å². The average molecular weight is 382 g/mol. The van der Waals surface area contributed by atoms with Crippen LogP contribution in [0.2, 0.25) is 0 Å². The number of ether oxygens (including phenoxy) is 1. The highest BCUT2D eigenvalue weighted by Gasteiger charge is 2.43. The van der Waals surface area contributed by atoms with Gasteiger partial charge >= 0.3 is 0 Å². The van der Waals surface area contributed by atoms with Gasteiger partial charge in [0.15, 0.2) is 0 Å². The van der Waals surface area contributed by atoms with Gasteiger partial charge in [-0.05, 0) is 42.9 Å². The average Bonchev–Trinajstić information content (AvgIpc) is 3.45. The standard InChI is InChI=1S/C20H26N6O2/c1-28-12-17-11-26(25-24-17)18-6-2-13(3-7-18)8-16(10-21)23-20(27)19-14-4-5-15(9-14)22-19/h2-3,6-7,11,14-16,19,22,24-25H,4-5,8-9,12H2,1H3,(H,23,27)/t14-,15+,16-,19-/m0/s1. The molecule has 1 amide bonds. The quantitative estimate of drug-likeness (QED) is 0.550. The minimum Gasteiger partial charge on any atom is -0.378 e. The van der Waals surface area contributed by atoms with E-state index in [0.29, 0.717) is 25.0 Å². The molecule has 0 spiro atoms. The smallest absolute Gasteiger partial charge is 0.238 e. The number of carbonyl (C=O) groups is 1. The molecule has 4 atom stereocenters. The zero-order chi connectivity index (χ0) is 19.5. The highest BCUT2D eigenvalue weighted by molar-refractivity contribution is 5.83. The van der Waals surface area contributed by atoms with Gasteiger partial charge in [-0.25, -0.2) is 0 Å². The van der Waals surface area contributed by atoms with Crippen molar-refractivity contribution in [3.63, 3.8) is 0 Å². The Kier molecular flexibility index (Phi) is 5.48. The summed E-state index contributed by atoms with van der Waals surface area (Å²) in [6.07, 6.45) is 5.76. The van der Waals surface area contributed by atoms with Crippen molar-refractivity contribution < 1.29 is 9.53 Å². The second-order valence-electron chi connectivity index (χ2n) is 7.67. The van der Waals surface area contributed by atoms with E-state index in [2.05, 4.69) is 27.7 Å². The van der Waals surface area contributed by atoms with Crippen molar-refractivity contribution in [2.75, 3.05) is 18.7 Å². The van der Waals surface area contributed by atoms with E-state index in [-0.39, 0.29) is 11.9 Å². The summed E-state index contributed by atoms with van der Waals surface area (Å²) in [5.41, 5.74) is 8.99. The van der Waals surface area contributed by atoms with Gasteiger partial charge in [0, 0.05) is 25.8 Å². The van der Waals surface area contributed by atoms with Crippen LogP contribution >= 0.6 is 0 Å². The van der Waals surface area contributed by atoms with E-state index in [4.69, 9.17) is 4.74 Å². The molecule has 8 heteroatoms. The van der Waals surface area contributed by atoms with Crippen molar-refractivity contribution in [2.45, 2.75) is 43.8 Å². The maximum atomic E-state index is 12.5. The molecule has 4 rings (SSSR count). The van der Waals surface area contributed by atoms with Crippen LogP contribution in [0.15, 0.2) is 36.2 Å². The molecule has 1 aromatic rings. The van der Waals surface area contributed by atoms with E-state index in [1.807, 2.05) is 35.5 Å². The first-order valence-corrected chi connectivity index (χ1v) is 9.72. The fraction of sp³-hybridized carbons (Fsp3) is 0.500. The molecule has 4 N–H and O–H groups in total. The van der Waals surface area contributed by atoms with Gasteiger partial charge < -0.3 is 20.8 Å². The van der Waals surface area contributed by atoms with Crippen molar-refractivity contribution >= 4 is 11.6 Å². The third kappa shape index (κ3) is 3.97. The van der Waals surface area contributed by atoms with E-state index in [1.165, 1.54) is 0 Å². The molecule has 8 nitrogen and oxygen atoms in total. The summed E-state index contributed by atoms with van der Waals surface area (Å²) in [6, 6.07) is 9.93. The molecular formula is C20H26N6O2. The van der Waals surface area contributed by atoms with Crippen LogP contribution in [0.4, 0.5) is 5.69 Å². The first kappa shape index (κ1) is 18.7. The van der Waals surface area contributed by atoms with Crippen LogP contribution in [0.3, 0.4) is 0 Å². The molecule has 0 unspecified atom stereocenters. The van der Waals surface area contributed by atoms with E-state index < -0.39 is 6.04 Å². The largest absolute Gasteiger partial charge is 0.378 e. The fourth-order valence-corrected chi connectivity index (χ4v) is 4.29. The maximum Gasteiger partial charge on any atom is 0.238 e. The first-order valence-electron chi connectivity index (χ1n) is 9.72. The molecule has 1 aromatic carbocycles. The molecule has 1 aliphatic carbocycles. The molecule has 28 heavy (non-hydrogen) atoms. The number of rotatable bonds is 7. The first-order chi connectivity index (χ1) is 13.7. The summed E-state index contributed by atoms with van der Waals surface area (Å²) in [6.45, 7) is 0.503. The lowest BCUT2D eigenvalue weighted by Crippen LogP contribution is -2.50. The molecule has 2 aliphatic heterocycles. The molecular weight excluding hydrogens is 356 g/mol. The minimum absolute atomic E-state index is 0.0430. The lowest BCUT2D eigenvalue weighted by molar-refractivity contribution is -0.124. The molecule has 2 heterocycles. The monoisotopic (exact) mass is 382 g/mol. The van der Waals surface area contributed by atoms with E-state index in [9.17, 15) is 10.1 Å². The van der Waals surface area contributed by atoms with Crippen LogP contribution in [0.5, 0.6) is 0 Å². The normalized spacial score (nSPS) is 26.5. The van der Waals surface area contributed by atoms with Gasteiger partial charge in [0.2, 0.25) is 5.91 Å². The molecule has 0 aromatic heterocycles. The lowest BCUT2D eigenvalue weighted by Gasteiger charge is -2.23. The van der Waals surface area contributed by atoms with Crippen LogP contribution in [-0.4, -0.2) is 37.7 Å². The van der Waals surface area contributed by atoms with Gasteiger partial charge in [0.1, 0.15) is 6.04 Å². The Morgan fingerprint density at radius 2 is 2.21 bits per heavy atom. The Bertz CT molecular complexity index is 787. The Hall–Kier alpha value is -2.60. The van der Waals surface area contributed by atoms with Crippen molar-refractivity contribution in [2.24, 2.45) is 5.92 Å². The Balaban J connectivity index is 1.33. The Morgan fingerprint density at radius 3 is 2.86 bits per heavy atom. The highest BCUT2D eigenvalue weighted by atomic mass is 16.5. The molecule has 1 saturated carbocycles. The van der Waals surface area contributed by atoms with Crippen molar-refractivity contribution in [1.29, 1.82) is 5.26 Å². The predicted molar refractivity (Wildman–Crippen MR) is 104 cm³/mol. The van der Waals surface area contributed by atoms with Gasteiger partial charge in [0.25, 0.3) is 0 Å². The molecule has 3 aliphatic rings. The number of hydrazine groups is 2. The Labute approximate surface area is 164 Å². The third-order valence-electron chi connectivity index (χ3n) is 5.69. The van der Waals surface area contributed by atoms with Gasteiger partial charge in [-0.15, -0.1) is 5.53 Å². The predicted octanol–water partition coefficient (Wildman–Crippen LogP) is 0.695. The number of nitrogens with one attached hydrogen (secondary N) is 4. The van der Waals surface area contributed by atoms with E-state index >= 15 is 0 Å². The highest BCUT2D eigenvalue weighted by Crippen LogP contribution is 2.35. The van der Waals surface area contributed by atoms with Gasteiger partial charge in [0.05, 0.1) is 30.1 Å². The molecule has 148 valence electrons. The van der Waals surface area contributed by atoms with Crippen molar-refractivity contribution in [3.05, 3.63) is 41.7 Å². The SMILES string of the molecule is COCC1=CN(c2ccc(C[C@@H](C#N)NC(=O)[C@H]3N[C@@H]4CC[C@H]3C4)cc2)NN1. The van der Waals surface area contributed by atoms with Crippen LogP contribution in [-0.2, 0) is 16.0 Å². The number of hydrogen-bond donors (Lipinski definition) is 4. The van der Waals surface area contributed by atoms with Crippen LogP contribution in [0, 0.1) is 17.2 Å². The summed E-state index contributed by atoms with van der Waals surface area (Å²) in [7, 11) is 1.65. The number of nitriles is 1. The van der Waals surface area contributed by atoms with E-state index in [0.717, 1.165) is 36.2 Å². The number of amides is 1. The summed E-state index contributed by atoms with van der Waals surface area (Å²) >= 11 is 0. The molecule has 1 saturated heterocycles. The zero-order valence-corrected chi connectivity index (χ0v) is 15.9. The molecule has 0 radical (unpaired) electrons.